The van der Waals surface area contributed by atoms with E-state index in [0.29, 0.717) is 6.54 Å². The summed E-state index contributed by atoms with van der Waals surface area (Å²) in [5.41, 5.74) is -0.465. The van der Waals surface area contributed by atoms with E-state index >= 15 is 0 Å². The maximum Gasteiger partial charge on any atom is 0.270 e. The third-order valence-corrected chi connectivity index (χ3v) is 5.35. The average molecular weight is 358 g/mol. The smallest absolute Gasteiger partial charge is 0.270 e. The van der Waals surface area contributed by atoms with Crippen LogP contribution in [-0.2, 0) is 0 Å². The summed E-state index contributed by atoms with van der Waals surface area (Å²) in [6, 6.07) is 2.87. The normalized spacial score (nSPS) is 24.3. The van der Waals surface area contributed by atoms with E-state index in [2.05, 4.69) is 9.88 Å². The zero-order valence-electron chi connectivity index (χ0n) is 14.4. The Bertz CT molecular complexity index is 890. The second kappa shape index (κ2) is 6.69. The molecule has 0 radical (unpaired) electrons. The molecule has 4 rings (SSSR count). The fraction of sp³-hybridized carbons (Fsp3) is 0.500. The molecule has 8 heteroatoms. The minimum atomic E-state index is -0.614. The summed E-state index contributed by atoms with van der Waals surface area (Å²) in [5, 5.41) is 20.2. The standard InChI is InChI=1S/C18H22N4O4/c23-14-5-4-8-22-16(14)19-9-12(18(22)26)17(25)21-10-13(15(24)11-21)20-6-2-1-3-7-20/h4-5,8-9,13,15,23-24H,1-3,6-7,10-11H2/t13-,15-/m0/s1. The van der Waals surface area contributed by atoms with E-state index in [1.807, 2.05) is 0 Å². The number of fused-ring (bicyclic) bond motifs is 1. The number of rotatable bonds is 2. The lowest BCUT2D eigenvalue weighted by molar-refractivity contribution is 0.0702. The number of piperidine rings is 1. The molecule has 2 aliphatic heterocycles. The van der Waals surface area contributed by atoms with Crippen molar-refractivity contribution in [1.29, 1.82) is 0 Å². The molecule has 2 atom stereocenters. The number of aromatic hydroxyl groups is 1. The fourth-order valence-corrected chi connectivity index (χ4v) is 3.95. The van der Waals surface area contributed by atoms with Crippen LogP contribution in [-0.4, -0.2) is 73.6 Å². The Hall–Kier alpha value is -2.45. The van der Waals surface area contributed by atoms with E-state index in [4.69, 9.17) is 0 Å². The lowest BCUT2D eigenvalue weighted by Crippen LogP contribution is -2.46. The number of nitrogens with zero attached hydrogens (tertiary/aromatic N) is 4. The van der Waals surface area contributed by atoms with E-state index in [1.165, 1.54) is 35.8 Å². The van der Waals surface area contributed by atoms with Crippen LogP contribution < -0.4 is 5.56 Å². The van der Waals surface area contributed by atoms with Crippen LogP contribution in [0.2, 0.25) is 0 Å². The number of β-amino-alcohol motifs (C(OH)–C–C–N with tert-alkyl or cyclic N) is 1. The van der Waals surface area contributed by atoms with Crippen molar-refractivity contribution in [3.8, 4) is 5.75 Å². The molecule has 4 heterocycles. The van der Waals surface area contributed by atoms with Gasteiger partial charge in [-0.15, -0.1) is 0 Å². The molecular formula is C18H22N4O4. The number of aliphatic hydroxyl groups is 1. The van der Waals surface area contributed by atoms with Gasteiger partial charge in [0.15, 0.2) is 11.4 Å². The number of aromatic nitrogens is 2. The molecule has 2 aliphatic rings. The second-order valence-corrected chi connectivity index (χ2v) is 7.01. The van der Waals surface area contributed by atoms with E-state index in [-0.39, 0.29) is 29.5 Å². The Morgan fingerprint density at radius 3 is 2.73 bits per heavy atom. The number of carbonyl (C=O) groups is 1. The third kappa shape index (κ3) is 2.85. The van der Waals surface area contributed by atoms with Crippen LogP contribution in [0.4, 0.5) is 0 Å². The van der Waals surface area contributed by atoms with Crippen LogP contribution in [0, 0.1) is 0 Å². The van der Waals surface area contributed by atoms with E-state index in [9.17, 15) is 19.8 Å². The van der Waals surface area contributed by atoms with Crippen LogP contribution in [0.3, 0.4) is 0 Å². The SMILES string of the molecule is O=C(c1cnc2c(O)cccn2c1=O)N1C[C@H](O)[C@@H](N2CCCCC2)C1. The van der Waals surface area contributed by atoms with Gasteiger partial charge >= 0.3 is 0 Å². The molecule has 0 unspecified atom stereocenters. The van der Waals surface area contributed by atoms with Gasteiger partial charge in [-0.2, -0.15) is 0 Å². The number of carbonyl (C=O) groups excluding carboxylic acids is 1. The van der Waals surface area contributed by atoms with Crippen molar-refractivity contribution in [3.63, 3.8) is 0 Å². The largest absolute Gasteiger partial charge is 0.504 e. The van der Waals surface area contributed by atoms with Crippen LogP contribution in [0.5, 0.6) is 5.75 Å². The Balaban J connectivity index is 1.59. The molecule has 0 saturated carbocycles. The molecule has 138 valence electrons. The van der Waals surface area contributed by atoms with Crippen LogP contribution in [0.1, 0.15) is 29.6 Å². The van der Waals surface area contributed by atoms with Crippen LogP contribution in [0.15, 0.2) is 29.3 Å². The maximum absolute atomic E-state index is 12.9. The monoisotopic (exact) mass is 358 g/mol. The molecule has 1 amide bonds. The maximum atomic E-state index is 12.9. The van der Waals surface area contributed by atoms with Crippen molar-refractivity contribution in [2.24, 2.45) is 0 Å². The first-order valence-corrected chi connectivity index (χ1v) is 8.97. The summed E-state index contributed by atoms with van der Waals surface area (Å²) < 4.78 is 1.16. The van der Waals surface area contributed by atoms with Gasteiger partial charge in [0.05, 0.1) is 12.1 Å². The first-order valence-electron chi connectivity index (χ1n) is 8.97. The first kappa shape index (κ1) is 17.0. The molecule has 0 bridgehead atoms. The minimum Gasteiger partial charge on any atom is -0.504 e. The minimum absolute atomic E-state index is 0.0559. The van der Waals surface area contributed by atoms with Gasteiger partial charge in [-0.05, 0) is 38.1 Å². The Labute approximate surface area is 150 Å². The zero-order valence-corrected chi connectivity index (χ0v) is 14.4. The average Bonchev–Trinajstić information content (AvgIpc) is 3.05. The number of aliphatic hydroxyl groups excluding tert-OH is 1. The van der Waals surface area contributed by atoms with Crippen molar-refractivity contribution < 1.29 is 15.0 Å². The molecule has 0 aromatic carbocycles. The zero-order chi connectivity index (χ0) is 18.3. The molecular weight excluding hydrogens is 336 g/mol. The highest BCUT2D eigenvalue weighted by Crippen LogP contribution is 2.22. The highest BCUT2D eigenvalue weighted by Gasteiger charge is 2.38. The quantitative estimate of drug-likeness (QED) is 0.788. The molecule has 0 spiro atoms. The summed E-state index contributed by atoms with van der Waals surface area (Å²) in [5.74, 6) is -0.552. The van der Waals surface area contributed by atoms with Gasteiger partial charge in [-0.3, -0.25) is 18.9 Å². The van der Waals surface area contributed by atoms with Gasteiger partial charge in [-0.1, -0.05) is 6.42 Å². The molecule has 0 aliphatic carbocycles. The van der Waals surface area contributed by atoms with Gasteiger partial charge in [0.25, 0.3) is 11.5 Å². The van der Waals surface area contributed by atoms with Crippen LogP contribution >= 0.6 is 0 Å². The number of hydrogen-bond acceptors (Lipinski definition) is 6. The summed E-state index contributed by atoms with van der Waals surface area (Å²) in [7, 11) is 0. The molecule has 2 aromatic rings. The third-order valence-electron chi connectivity index (χ3n) is 5.35. The van der Waals surface area contributed by atoms with Gasteiger partial charge in [-0.25, -0.2) is 4.98 Å². The van der Waals surface area contributed by atoms with Crippen molar-refractivity contribution in [2.45, 2.75) is 31.4 Å². The van der Waals surface area contributed by atoms with Gasteiger partial charge in [0.2, 0.25) is 0 Å². The molecule has 2 aromatic heterocycles. The van der Waals surface area contributed by atoms with Crippen LogP contribution in [0.25, 0.3) is 5.65 Å². The summed E-state index contributed by atoms with van der Waals surface area (Å²) in [6.45, 7) is 2.48. The number of hydrogen-bond donors (Lipinski definition) is 2. The number of pyridine rings is 1. The molecule has 26 heavy (non-hydrogen) atoms. The number of likely N-dealkylation sites (tertiary alicyclic amines) is 2. The Morgan fingerprint density at radius 2 is 1.96 bits per heavy atom. The topological polar surface area (TPSA) is 98.4 Å². The molecule has 8 nitrogen and oxygen atoms in total. The summed E-state index contributed by atoms with van der Waals surface area (Å²) in [6.07, 6.45) is 5.48. The lowest BCUT2D eigenvalue weighted by Gasteiger charge is -2.33. The summed E-state index contributed by atoms with van der Waals surface area (Å²) in [4.78, 5) is 33.3. The van der Waals surface area contributed by atoms with Gasteiger partial charge < -0.3 is 15.1 Å². The Morgan fingerprint density at radius 1 is 1.19 bits per heavy atom. The highest BCUT2D eigenvalue weighted by molar-refractivity contribution is 5.94. The van der Waals surface area contributed by atoms with Crippen molar-refractivity contribution >= 4 is 11.6 Å². The fourth-order valence-electron chi connectivity index (χ4n) is 3.95. The lowest BCUT2D eigenvalue weighted by atomic mass is 10.1. The second-order valence-electron chi connectivity index (χ2n) is 7.01. The molecule has 2 saturated heterocycles. The van der Waals surface area contributed by atoms with Crippen molar-refractivity contribution in [3.05, 3.63) is 40.4 Å². The van der Waals surface area contributed by atoms with Gasteiger partial charge in [0, 0.05) is 25.5 Å². The van der Waals surface area contributed by atoms with E-state index in [1.54, 1.807) is 0 Å². The molecule has 2 N–H and O–H groups in total. The highest BCUT2D eigenvalue weighted by atomic mass is 16.3. The Kier molecular flexibility index (Phi) is 4.37. The number of amides is 1. The van der Waals surface area contributed by atoms with Crippen molar-refractivity contribution in [2.75, 3.05) is 26.2 Å². The van der Waals surface area contributed by atoms with Gasteiger partial charge in [0.1, 0.15) is 5.56 Å². The predicted molar refractivity (Wildman–Crippen MR) is 94.2 cm³/mol. The molecule has 2 fully saturated rings. The van der Waals surface area contributed by atoms with E-state index < -0.39 is 17.6 Å². The first-order chi connectivity index (χ1) is 12.6. The van der Waals surface area contributed by atoms with E-state index in [0.717, 1.165) is 30.3 Å². The summed E-state index contributed by atoms with van der Waals surface area (Å²) >= 11 is 0. The van der Waals surface area contributed by atoms with Crippen molar-refractivity contribution in [1.82, 2.24) is 19.2 Å². The predicted octanol–water partition coefficient (Wildman–Crippen LogP) is 0.0713.